The van der Waals surface area contributed by atoms with Crippen LogP contribution >= 0.6 is 31.9 Å². The van der Waals surface area contributed by atoms with E-state index in [-0.39, 0.29) is 5.91 Å². The molecule has 0 bridgehead atoms. The normalized spacial score (nSPS) is 10.7. The van der Waals surface area contributed by atoms with Gasteiger partial charge in [-0.1, -0.05) is 0 Å². The number of benzene rings is 1. The van der Waals surface area contributed by atoms with E-state index in [1.165, 1.54) is 6.92 Å². The van der Waals surface area contributed by atoms with Gasteiger partial charge in [-0.25, -0.2) is 0 Å². The van der Waals surface area contributed by atoms with Crippen LogP contribution in [0.25, 0.3) is 10.9 Å². The molecule has 0 fully saturated rings. The smallest absolute Gasteiger partial charge is 0.216 e. The number of ether oxygens (including phenoxy) is 1. The molecule has 2 aromatic rings. The van der Waals surface area contributed by atoms with E-state index >= 15 is 0 Å². The van der Waals surface area contributed by atoms with Gasteiger partial charge in [-0.15, -0.1) is 0 Å². The first-order chi connectivity index (χ1) is 9.04. The van der Waals surface area contributed by atoms with Crippen molar-refractivity contribution in [2.45, 2.75) is 13.3 Å². The molecule has 19 heavy (non-hydrogen) atoms. The maximum Gasteiger partial charge on any atom is 0.216 e. The Morgan fingerprint density at radius 1 is 1.47 bits per heavy atom. The van der Waals surface area contributed by atoms with Crippen molar-refractivity contribution in [1.29, 1.82) is 0 Å². The van der Waals surface area contributed by atoms with E-state index in [1.54, 1.807) is 7.11 Å². The van der Waals surface area contributed by atoms with Crippen molar-refractivity contribution in [3.63, 3.8) is 0 Å². The summed E-state index contributed by atoms with van der Waals surface area (Å²) in [4.78, 5) is 14.1. The number of aromatic amines is 1. The van der Waals surface area contributed by atoms with Gasteiger partial charge < -0.3 is 15.0 Å². The summed E-state index contributed by atoms with van der Waals surface area (Å²) in [7, 11) is 1.64. The molecule has 1 heterocycles. The second kappa shape index (κ2) is 5.96. The SMILES string of the molecule is COc1cc(Br)c2[nH]cc(CCNC(C)=O)c2c1Br. The summed E-state index contributed by atoms with van der Waals surface area (Å²) in [5.41, 5.74) is 2.15. The average Bonchev–Trinajstić information content (AvgIpc) is 2.78. The zero-order valence-electron chi connectivity index (χ0n) is 10.6. The largest absolute Gasteiger partial charge is 0.496 e. The zero-order chi connectivity index (χ0) is 14.0. The van der Waals surface area contributed by atoms with Crippen molar-refractivity contribution in [2.75, 3.05) is 13.7 Å². The second-order valence-electron chi connectivity index (χ2n) is 4.17. The van der Waals surface area contributed by atoms with Gasteiger partial charge in [0.2, 0.25) is 5.91 Å². The summed E-state index contributed by atoms with van der Waals surface area (Å²) in [6.07, 6.45) is 2.72. The van der Waals surface area contributed by atoms with Crippen LogP contribution in [-0.4, -0.2) is 24.5 Å². The van der Waals surface area contributed by atoms with E-state index in [1.807, 2.05) is 12.3 Å². The first kappa shape index (κ1) is 14.4. The maximum atomic E-state index is 10.9. The molecule has 0 radical (unpaired) electrons. The van der Waals surface area contributed by atoms with Crippen molar-refractivity contribution in [3.8, 4) is 5.75 Å². The third kappa shape index (κ3) is 2.95. The average molecular weight is 390 g/mol. The molecule has 1 amide bonds. The number of amides is 1. The quantitative estimate of drug-likeness (QED) is 0.842. The Balaban J connectivity index is 2.40. The molecule has 102 valence electrons. The van der Waals surface area contributed by atoms with E-state index in [2.05, 4.69) is 42.2 Å². The van der Waals surface area contributed by atoms with Crippen molar-refractivity contribution >= 4 is 48.7 Å². The fourth-order valence-electron chi connectivity index (χ4n) is 2.00. The molecule has 0 aliphatic heterocycles. The van der Waals surface area contributed by atoms with Crippen LogP contribution in [0.3, 0.4) is 0 Å². The molecule has 2 N–H and O–H groups in total. The Hall–Kier alpha value is -1.01. The molecule has 0 unspecified atom stereocenters. The zero-order valence-corrected chi connectivity index (χ0v) is 13.8. The van der Waals surface area contributed by atoms with Gasteiger partial charge in [0.25, 0.3) is 0 Å². The van der Waals surface area contributed by atoms with Gasteiger partial charge in [0.05, 0.1) is 17.1 Å². The molecule has 6 heteroatoms. The molecular formula is C13H14Br2N2O2. The molecule has 1 aromatic heterocycles. The van der Waals surface area contributed by atoms with Gasteiger partial charge >= 0.3 is 0 Å². The Morgan fingerprint density at radius 2 is 2.21 bits per heavy atom. The highest BCUT2D eigenvalue weighted by Gasteiger charge is 2.14. The predicted molar refractivity (Wildman–Crippen MR) is 82.6 cm³/mol. The third-order valence-electron chi connectivity index (χ3n) is 2.88. The minimum atomic E-state index is -0.0160. The van der Waals surface area contributed by atoms with Crippen molar-refractivity contribution in [1.82, 2.24) is 10.3 Å². The highest BCUT2D eigenvalue weighted by molar-refractivity contribution is 9.11. The number of nitrogens with one attached hydrogen (secondary N) is 2. The minimum absolute atomic E-state index is 0.0160. The summed E-state index contributed by atoms with van der Waals surface area (Å²) < 4.78 is 7.22. The molecular weight excluding hydrogens is 376 g/mol. The molecule has 0 saturated carbocycles. The fraction of sp³-hybridized carbons (Fsp3) is 0.308. The number of rotatable bonds is 4. The highest BCUT2D eigenvalue weighted by Crippen LogP contribution is 2.39. The van der Waals surface area contributed by atoms with Crippen LogP contribution in [0.5, 0.6) is 5.75 Å². The van der Waals surface area contributed by atoms with Crippen LogP contribution in [0, 0.1) is 0 Å². The van der Waals surface area contributed by atoms with E-state index in [0.717, 1.165) is 37.6 Å². The number of methoxy groups -OCH3 is 1. The molecule has 0 aliphatic rings. The van der Waals surface area contributed by atoms with Crippen LogP contribution in [-0.2, 0) is 11.2 Å². The summed E-state index contributed by atoms with van der Waals surface area (Å²) in [5.74, 6) is 0.762. The van der Waals surface area contributed by atoms with Gasteiger partial charge in [-0.3, -0.25) is 4.79 Å². The molecule has 0 atom stereocenters. The van der Waals surface area contributed by atoms with E-state index < -0.39 is 0 Å². The number of aromatic nitrogens is 1. The molecule has 4 nitrogen and oxygen atoms in total. The van der Waals surface area contributed by atoms with E-state index in [0.29, 0.717) is 6.54 Å². The maximum absolute atomic E-state index is 10.9. The van der Waals surface area contributed by atoms with Crippen molar-refractivity contribution < 1.29 is 9.53 Å². The molecule has 1 aromatic carbocycles. The van der Waals surface area contributed by atoms with Gasteiger partial charge in [-0.05, 0) is 49.9 Å². The van der Waals surface area contributed by atoms with Crippen molar-refractivity contribution in [2.24, 2.45) is 0 Å². The molecule has 2 rings (SSSR count). The summed E-state index contributed by atoms with van der Waals surface area (Å²) in [6.45, 7) is 2.13. The standard InChI is InChI=1S/C13H14Br2N2O2/c1-7(18)16-4-3-8-6-17-13-9(14)5-10(19-2)12(15)11(8)13/h5-6,17H,3-4H2,1-2H3,(H,16,18). The summed E-state index contributed by atoms with van der Waals surface area (Å²) >= 11 is 7.10. The Bertz CT molecular complexity index is 623. The summed E-state index contributed by atoms with van der Waals surface area (Å²) in [5, 5.41) is 3.88. The number of fused-ring (bicyclic) bond motifs is 1. The fourth-order valence-corrected chi connectivity index (χ4v) is 3.25. The molecule has 0 aliphatic carbocycles. The number of carbonyl (C=O) groups excluding carboxylic acids is 1. The Labute approximate surface area is 128 Å². The van der Waals surface area contributed by atoms with Gasteiger partial charge in [0.15, 0.2) is 0 Å². The third-order valence-corrected chi connectivity index (χ3v) is 4.30. The Kier molecular flexibility index (Phi) is 4.52. The first-order valence-electron chi connectivity index (χ1n) is 5.81. The van der Waals surface area contributed by atoms with Gasteiger partial charge in [0, 0.05) is 29.5 Å². The number of halogens is 2. The van der Waals surface area contributed by atoms with Gasteiger partial charge in [-0.2, -0.15) is 0 Å². The lowest BCUT2D eigenvalue weighted by molar-refractivity contribution is -0.118. The van der Waals surface area contributed by atoms with E-state index in [9.17, 15) is 4.79 Å². The van der Waals surface area contributed by atoms with Crippen LogP contribution in [0.15, 0.2) is 21.2 Å². The first-order valence-corrected chi connectivity index (χ1v) is 7.39. The predicted octanol–water partition coefficient (Wildman–Crippen LogP) is 3.38. The number of hydrogen-bond donors (Lipinski definition) is 2. The number of carbonyl (C=O) groups is 1. The Morgan fingerprint density at radius 3 is 2.84 bits per heavy atom. The van der Waals surface area contributed by atoms with E-state index in [4.69, 9.17) is 4.74 Å². The minimum Gasteiger partial charge on any atom is -0.496 e. The highest BCUT2D eigenvalue weighted by atomic mass is 79.9. The number of hydrogen-bond acceptors (Lipinski definition) is 2. The lowest BCUT2D eigenvalue weighted by atomic mass is 10.1. The molecule has 0 spiro atoms. The topological polar surface area (TPSA) is 54.1 Å². The monoisotopic (exact) mass is 388 g/mol. The van der Waals surface area contributed by atoms with Crippen LogP contribution in [0.2, 0.25) is 0 Å². The second-order valence-corrected chi connectivity index (χ2v) is 5.82. The van der Waals surface area contributed by atoms with Crippen LogP contribution in [0.1, 0.15) is 12.5 Å². The van der Waals surface area contributed by atoms with Crippen molar-refractivity contribution in [3.05, 3.63) is 26.8 Å². The van der Waals surface area contributed by atoms with Crippen LogP contribution < -0.4 is 10.1 Å². The molecule has 0 saturated heterocycles. The lowest BCUT2D eigenvalue weighted by Crippen LogP contribution is -2.22. The number of H-pyrrole nitrogens is 1. The van der Waals surface area contributed by atoms with Crippen LogP contribution in [0.4, 0.5) is 0 Å². The van der Waals surface area contributed by atoms with Gasteiger partial charge in [0.1, 0.15) is 5.75 Å². The lowest BCUT2D eigenvalue weighted by Gasteiger charge is -2.08. The summed E-state index contributed by atoms with van der Waals surface area (Å²) in [6, 6.07) is 1.92.